The molecule has 0 amide bonds. The van der Waals surface area contributed by atoms with Gasteiger partial charge in [-0.2, -0.15) is 0 Å². The van der Waals surface area contributed by atoms with Crippen LogP contribution in [0.2, 0.25) is 36.3 Å². The molecule has 5 heteroatoms. The smallest absolute Gasteiger partial charge is 0.192 e. The molecule has 2 aliphatic carbocycles. The van der Waals surface area contributed by atoms with Crippen LogP contribution in [-0.4, -0.2) is 34.6 Å². The molecular formula is C22H44O3Si2. The van der Waals surface area contributed by atoms with Crippen LogP contribution >= 0.6 is 0 Å². The van der Waals surface area contributed by atoms with Gasteiger partial charge in [0.15, 0.2) is 16.6 Å². The van der Waals surface area contributed by atoms with Gasteiger partial charge in [-0.15, -0.1) is 0 Å². The fourth-order valence-corrected chi connectivity index (χ4v) is 11.4. The Balaban J connectivity index is 2.30. The number of carbonyl (C=O) groups excluding carboxylic acids is 1. The maximum absolute atomic E-state index is 12.3. The number of ketones is 1. The Hall–Kier alpha value is 0.0238. The molecule has 0 aromatic heterocycles. The van der Waals surface area contributed by atoms with E-state index in [-0.39, 0.29) is 12.2 Å². The van der Waals surface area contributed by atoms with Gasteiger partial charge in [-0.1, -0.05) is 41.5 Å². The van der Waals surface area contributed by atoms with Crippen molar-refractivity contribution >= 4 is 22.4 Å². The first-order chi connectivity index (χ1) is 12.9. The summed E-state index contributed by atoms with van der Waals surface area (Å²) in [5.41, 5.74) is 0. The number of Topliss-reactive ketones (excluding diaryl/α,β-unsaturated/α-hetero) is 1. The minimum Gasteiger partial charge on any atom is -0.411 e. The van der Waals surface area contributed by atoms with Crippen molar-refractivity contribution in [3.63, 3.8) is 0 Å². The summed E-state index contributed by atoms with van der Waals surface area (Å²) in [6.07, 6.45) is 5.27. The van der Waals surface area contributed by atoms with Crippen molar-refractivity contribution in [1.29, 1.82) is 0 Å². The second-order valence-corrected chi connectivity index (χ2v) is 18.5. The maximum atomic E-state index is 12.3. The van der Waals surface area contributed by atoms with Crippen LogP contribution in [0.1, 0.15) is 73.6 Å². The van der Waals surface area contributed by atoms with Gasteiger partial charge < -0.3 is 8.85 Å². The Kier molecular flexibility index (Phi) is 8.78. The standard InChI is InChI=1S/C22H44O3Si2/c1-7-26(8-2,9-3)24-21-17-18-16-19(23)14-13-15-20(18)22(21)25-27(10-4,11-5)12-6/h18,20-22H,7-17H2,1-6H3/t18-,20-,21-,22+/m0/s1. The quantitative estimate of drug-likeness (QED) is 0.382. The summed E-state index contributed by atoms with van der Waals surface area (Å²) in [6, 6.07) is 7.15. The van der Waals surface area contributed by atoms with Crippen LogP contribution in [-0.2, 0) is 13.6 Å². The normalized spacial score (nSPS) is 29.6. The number of hydrogen-bond donors (Lipinski definition) is 0. The zero-order chi connectivity index (χ0) is 20.1. The van der Waals surface area contributed by atoms with E-state index in [9.17, 15) is 4.79 Å². The van der Waals surface area contributed by atoms with Gasteiger partial charge in [0.2, 0.25) is 0 Å². The van der Waals surface area contributed by atoms with Crippen molar-refractivity contribution in [3.8, 4) is 0 Å². The molecule has 0 saturated heterocycles. The molecule has 3 nitrogen and oxygen atoms in total. The van der Waals surface area contributed by atoms with Crippen molar-refractivity contribution < 1.29 is 13.6 Å². The number of fused-ring (bicyclic) bond motifs is 1. The van der Waals surface area contributed by atoms with Crippen molar-refractivity contribution in [2.24, 2.45) is 11.8 Å². The Bertz CT molecular complexity index is 458. The van der Waals surface area contributed by atoms with Gasteiger partial charge in [0.1, 0.15) is 5.78 Å². The summed E-state index contributed by atoms with van der Waals surface area (Å²) in [4.78, 5) is 12.3. The molecule has 158 valence electrons. The fourth-order valence-electron chi connectivity index (χ4n) is 5.60. The van der Waals surface area contributed by atoms with Crippen molar-refractivity contribution in [2.45, 2.75) is 122 Å². The molecule has 27 heavy (non-hydrogen) atoms. The van der Waals surface area contributed by atoms with E-state index in [1.54, 1.807) is 0 Å². The lowest BCUT2D eigenvalue weighted by Crippen LogP contribution is -2.49. The summed E-state index contributed by atoms with van der Waals surface area (Å²) in [7, 11) is -3.36. The molecule has 0 spiro atoms. The van der Waals surface area contributed by atoms with Crippen LogP contribution in [0.3, 0.4) is 0 Å². The first-order valence-electron chi connectivity index (χ1n) is 11.8. The largest absolute Gasteiger partial charge is 0.411 e. The van der Waals surface area contributed by atoms with Crippen molar-refractivity contribution in [3.05, 3.63) is 0 Å². The molecule has 2 rings (SSSR count). The first kappa shape index (κ1) is 23.3. The van der Waals surface area contributed by atoms with Gasteiger partial charge in [-0.05, 0) is 67.4 Å². The molecule has 0 aliphatic heterocycles. The molecule has 0 aromatic carbocycles. The molecule has 0 heterocycles. The van der Waals surface area contributed by atoms with Crippen LogP contribution in [0, 0.1) is 11.8 Å². The Morgan fingerprint density at radius 1 is 0.852 bits per heavy atom. The molecule has 2 saturated carbocycles. The lowest BCUT2D eigenvalue weighted by atomic mass is 9.90. The Labute approximate surface area is 170 Å². The molecule has 0 unspecified atom stereocenters. The average Bonchev–Trinajstić information content (AvgIpc) is 2.87. The van der Waals surface area contributed by atoms with E-state index >= 15 is 0 Å². The number of hydrogen-bond acceptors (Lipinski definition) is 3. The van der Waals surface area contributed by atoms with E-state index in [1.807, 2.05) is 0 Å². The minimum absolute atomic E-state index is 0.231. The van der Waals surface area contributed by atoms with E-state index in [0.29, 0.717) is 17.6 Å². The predicted molar refractivity (Wildman–Crippen MR) is 119 cm³/mol. The van der Waals surface area contributed by atoms with Crippen molar-refractivity contribution in [1.82, 2.24) is 0 Å². The summed E-state index contributed by atoms with van der Waals surface area (Å²) in [6.45, 7) is 13.9. The van der Waals surface area contributed by atoms with Gasteiger partial charge in [0.25, 0.3) is 0 Å². The predicted octanol–water partition coefficient (Wildman–Crippen LogP) is 6.55. The zero-order valence-electron chi connectivity index (χ0n) is 18.8. The highest BCUT2D eigenvalue weighted by Gasteiger charge is 2.50. The third-order valence-corrected chi connectivity index (χ3v) is 17.4. The van der Waals surface area contributed by atoms with Crippen LogP contribution in [0.4, 0.5) is 0 Å². The lowest BCUT2D eigenvalue weighted by molar-refractivity contribution is -0.119. The number of carbonyl (C=O) groups is 1. The summed E-state index contributed by atoms with van der Waals surface area (Å²) in [5, 5.41) is 0. The van der Waals surface area contributed by atoms with E-state index in [1.165, 1.54) is 36.3 Å². The van der Waals surface area contributed by atoms with E-state index in [0.717, 1.165) is 32.1 Å². The molecule has 0 N–H and O–H groups in total. The third-order valence-electron chi connectivity index (χ3n) is 8.07. The maximum Gasteiger partial charge on any atom is 0.192 e. The molecule has 0 radical (unpaired) electrons. The monoisotopic (exact) mass is 412 g/mol. The van der Waals surface area contributed by atoms with E-state index in [2.05, 4.69) is 41.5 Å². The van der Waals surface area contributed by atoms with Crippen LogP contribution in [0.15, 0.2) is 0 Å². The fraction of sp³-hybridized carbons (Fsp3) is 0.955. The number of rotatable bonds is 10. The molecular weight excluding hydrogens is 368 g/mol. The van der Waals surface area contributed by atoms with Crippen LogP contribution in [0.5, 0.6) is 0 Å². The topological polar surface area (TPSA) is 35.5 Å². The van der Waals surface area contributed by atoms with Gasteiger partial charge in [-0.3, -0.25) is 4.79 Å². The second-order valence-electron chi connectivity index (χ2n) is 9.02. The average molecular weight is 413 g/mol. The first-order valence-corrected chi connectivity index (χ1v) is 16.8. The zero-order valence-corrected chi connectivity index (χ0v) is 20.8. The highest BCUT2D eigenvalue weighted by Crippen LogP contribution is 2.46. The SMILES string of the molecule is CC[Si](CC)(CC)O[C@@H]1[C@H]2CCCC(=O)C[C@H]2C[C@@H]1O[Si](CC)(CC)CC. The molecule has 4 atom stereocenters. The summed E-state index contributed by atoms with van der Waals surface area (Å²) < 4.78 is 14.2. The third kappa shape index (κ3) is 5.15. The Morgan fingerprint density at radius 3 is 1.89 bits per heavy atom. The van der Waals surface area contributed by atoms with Crippen LogP contribution < -0.4 is 0 Å². The van der Waals surface area contributed by atoms with Crippen LogP contribution in [0.25, 0.3) is 0 Å². The van der Waals surface area contributed by atoms with Gasteiger partial charge >= 0.3 is 0 Å². The van der Waals surface area contributed by atoms with Gasteiger partial charge in [-0.25, -0.2) is 0 Å². The Morgan fingerprint density at radius 2 is 1.37 bits per heavy atom. The van der Waals surface area contributed by atoms with Crippen molar-refractivity contribution in [2.75, 3.05) is 0 Å². The lowest BCUT2D eigenvalue weighted by Gasteiger charge is -2.40. The van der Waals surface area contributed by atoms with E-state index in [4.69, 9.17) is 8.85 Å². The van der Waals surface area contributed by atoms with Gasteiger partial charge in [0.05, 0.1) is 12.2 Å². The molecule has 0 aromatic rings. The molecule has 2 fully saturated rings. The molecule has 2 aliphatic rings. The summed E-state index contributed by atoms with van der Waals surface area (Å²) in [5.74, 6) is 1.50. The second kappa shape index (κ2) is 10.2. The van der Waals surface area contributed by atoms with E-state index < -0.39 is 16.6 Å². The highest BCUT2D eigenvalue weighted by molar-refractivity contribution is 6.74. The molecule has 0 bridgehead atoms. The van der Waals surface area contributed by atoms with Gasteiger partial charge in [0, 0.05) is 12.8 Å². The summed E-state index contributed by atoms with van der Waals surface area (Å²) >= 11 is 0. The highest BCUT2D eigenvalue weighted by atomic mass is 28.4. The minimum atomic E-state index is -1.69.